The van der Waals surface area contributed by atoms with Crippen LogP contribution in [0.15, 0.2) is 36.4 Å². The summed E-state index contributed by atoms with van der Waals surface area (Å²) >= 11 is 0. The van der Waals surface area contributed by atoms with Gasteiger partial charge in [-0.05, 0) is 35.4 Å². The highest BCUT2D eigenvalue weighted by Gasteiger charge is 2.13. The van der Waals surface area contributed by atoms with E-state index in [1.807, 2.05) is 0 Å². The molecule has 0 radical (unpaired) electrons. The predicted molar refractivity (Wildman–Crippen MR) is 89.5 cm³/mol. The van der Waals surface area contributed by atoms with Crippen molar-refractivity contribution < 1.29 is 24.5 Å². The van der Waals surface area contributed by atoms with E-state index in [1.165, 1.54) is 26.4 Å². The van der Waals surface area contributed by atoms with E-state index < -0.39 is 0 Å². The SMILES string of the molecule is COc1cc(CC(=O)N(C)Cc2ccc(O)c(OC)c2)ccc1O. The molecule has 0 fully saturated rings. The van der Waals surface area contributed by atoms with Crippen molar-refractivity contribution in [2.24, 2.45) is 0 Å². The van der Waals surface area contributed by atoms with Gasteiger partial charge < -0.3 is 24.6 Å². The lowest BCUT2D eigenvalue weighted by Crippen LogP contribution is -2.27. The Labute approximate surface area is 140 Å². The number of ether oxygens (including phenoxy) is 2. The minimum Gasteiger partial charge on any atom is -0.504 e. The van der Waals surface area contributed by atoms with Crippen molar-refractivity contribution in [1.82, 2.24) is 4.90 Å². The summed E-state index contributed by atoms with van der Waals surface area (Å²) in [6.45, 7) is 0.394. The van der Waals surface area contributed by atoms with Gasteiger partial charge in [0.05, 0.1) is 20.6 Å². The molecular weight excluding hydrogens is 310 g/mol. The van der Waals surface area contributed by atoms with Crippen LogP contribution in [-0.4, -0.2) is 42.3 Å². The van der Waals surface area contributed by atoms with Crippen molar-refractivity contribution in [1.29, 1.82) is 0 Å². The largest absolute Gasteiger partial charge is 0.504 e. The van der Waals surface area contributed by atoms with Gasteiger partial charge in [-0.2, -0.15) is 0 Å². The Kier molecular flexibility index (Phi) is 5.52. The molecule has 2 aromatic carbocycles. The summed E-state index contributed by atoms with van der Waals surface area (Å²) in [7, 11) is 4.65. The number of carbonyl (C=O) groups is 1. The highest BCUT2D eigenvalue weighted by atomic mass is 16.5. The molecule has 0 bridgehead atoms. The fourth-order valence-electron chi connectivity index (χ4n) is 2.32. The molecule has 1 amide bonds. The highest BCUT2D eigenvalue weighted by Crippen LogP contribution is 2.28. The standard InChI is InChI=1S/C18H21NO5/c1-19(11-13-5-7-15(21)17(9-13)24-3)18(22)10-12-4-6-14(20)16(8-12)23-2/h4-9,20-21H,10-11H2,1-3H3. The van der Waals surface area contributed by atoms with E-state index >= 15 is 0 Å². The second kappa shape index (κ2) is 7.59. The zero-order chi connectivity index (χ0) is 17.7. The van der Waals surface area contributed by atoms with Crippen molar-refractivity contribution in [2.45, 2.75) is 13.0 Å². The molecule has 0 saturated heterocycles. The fourth-order valence-corrected chi connectivity index (χ4v) is 2.32. The van der Waals surface area contributed by atoms with E-state index in [0.29, 0.717) is 18.0 Å². The quantitative estimate of drug-likeness (QED) is 0.849. The molecule has 0 unspecified atom stereocenters. The molecule has 0 spiro atoms. The van der Waals surface area contributed by atoms with Crippen LogP contribution in [-0.2, 0) is 17.8 Å². The lowest BCUT2D eigenvalue weighted by Gasteiger charge is -2.18. The molecule has 2 N–H and O–H groups in total. The monoisotopic (exact) mass is 331 g/mol. The Balaban J connectivity index is 2.04. The smallest absolute Gasteiger partial charge is 0.227 e. The van der Waals surface area contributed by atoms with Crippen LogP contribution >= 0.6 is 0 Å². The molecular formula is C18H21NO5. The van der Waals surface area contributed by atoms with Crippen molar-refractivity contribution in [2.75, 3.05) is 21.3 Å². The molecule has 0 aliphatic heterocycles. The van der Waals surface area contributed by atoms with Gasteiger partial charge in [0.2, 0.25) is 5.91 Å². The first-order chi connectivity index (χ1) is 11.4. The number of aromatic hydroxyl groups is 2. The summed E-state index contributed by atoms with van der Waals surface area (Å²) in [5.41, 5.74) is 1.61. The highest BCUT2D eigenvalue weighted by molar-refractivity contribution is 5.78. The third-order valence-electron chi connectivity index (χ3n) is 3.69. The van der Waals surface area contributed by atoms with Crippen molar-refractivity contribution in [3.05, 3.63) is 47.5 Å². The van der Waals surface area contributed by atoms with Gasteiger partial charge in [0.15, 0.2) is 23.0 Å². The second-order valence-electron chi connectivity index (χ2n) is 5.44. The number of hydrogen-bond acceptors (Lipinski definition) is 5. The maximum atomic E-state index is 12.4. The van der Waals surface area contributed by atoms with E-state index in [1.54, 1.807) is 36.2 Å². The number of hydrogen-bond donors (Lipinski definition) is 2. The molecule has 6 heteroatoms. The first-order valence-corrected chi connectivity index (χ1v) is 7.40. The Morgan fingerprint density at radius 1 is 0.958 bits per heavy atom. The fraction of sp³-hybridized carbons (Fsp3) is 0.278. The Hall–Kier alpha value is -2.89. The minimum absolute atomic E-state index is 0.0400. The summed E-state index contributed by atoms with van der Waals surface area (Å²) in [5, 5.41) is 19.2. The van der Waals surface area contributed by atoms with Crippen LogP contribution in [0.4, 0.5) is 0 Å². The van der Waals surface area contributed by atoms with E-state index in [2.05, 4.69) is 0 Å². The van der Waals surface area contributed by atoms with Gasteiger partial charge in [-0.1, -0.05) is 12.1 Å². The number of rotatable bonds is 6. The lowest BCUT2D eigenvalue weighted by molar-refractivity contribution is -0.129. The van der Waals surface area contributed by atoms with E-state index in [-0.39, 0.29) is 23.8 Å². The molecule has 0 saturated carbocycles. The summed E-state index contributed by atoms with van der Waals surface area (Å²) < 4.78 is 10.1. The third kappa shape index (κ3) is 4.10. The number of phenolic OH excluding ortho intramolecular Hbond substituents is 2. The average molecular weight is 331 g/mol. The van der Waals surface area contributed by atoms with Gasteiger partial charge in [0, 0.05) is 13.6 Å². The second-order valence-corrected chi connectivity index (χ2v) is 5.44. The summed E-state index contributed by atoms with van der Waals surface area (Å²) in [5.74, 6) is 0.738. The number of nitrogens with zero attached hydrogens (tertiary/aromatic N) is 1. The van der Waals surface area contributed by atoms with Gasteiger partial charge in [-0.3, -0.25) is 4.79 Å². The van der Waals surface area contributed by atoms with Crippen LogP contribution < -0.4 is 9.47 Å². The summed E-state index contributed by atoms with van der Waals surface area (Å²) in [6.07, 6.45) is 0.197. The van der Waals surface area contributed by atoms with Crippen molar-refractivity contribution in [3.63, 3.8) is 0 Å². The Bertz CT molecular complexity index is 729. The van der Waals surface area contributed by atoms with Crippen LogP contribution in [0.3, 0.4) is 0 Å². The summed E-state index contributed by atoms with van der Waals surface area (Å²) in [6, 6.07) is 9.81. The Morgan fingerprint density at radius 2 is 1.46 bits per heavy atom. The zero-order valence-corrected chi connectivity index (χ0v) is 13.9. The van der Waals surface area contributed by atoms with E-state index in [0.717, 1.165) is 11.1 Å². The zero-order valence-electron chi connectivity index (χ0n) is 13.9. The van der Waals surface area contributed by atoms with Crippen molar-refractivity contribution in [3.8, 4) is 23.0 Å². The van der Waals surface area contributed by atoms with Gasteiger partial charge in [0.1, 0.15) is 0 Å². The van der Waals surface area contributed by atoms with Crippen LogP contribution in [0.1, 0.15) is 11.1 Å². The molecule has 24 heavy (non-hydrogen) atoms. The van der Waals surface area contributed by atoms with E-state index in [4.69, 9.17) is 9.47 Å². The molecule has 128 valence electrons. The molecule has 0 atom stereocenters. The lowest BCUT2D eigenvalue weighted by atomic mass is 10.1. The topological polar surface area (TPSA) is 79.2 Å². The summed E-state index contributed by atoms with van der Waals surface area (Å²) in [4.78, 5) is 14.0. The normalized spacial score (nSPS) is 10.3. The maximum absolute atomic E-state index is 12.4. The van der Waals surface area contributed by atoms with Gasteiger partial charge in [-0.15, -0.1) is 0 Å². The van der Waals surface area contributed by atoms with Crippen LogP contribution in [0.5, 0.6) is 23.0 Å². The molecule has 6 nitrogen and oxygen atoms in total. The van der Waals surface area contributed by atoms with Crippen molar-refractivity contribution >= 4 is 5.91 Å². The molecule has 0 aromatic heterocycles. The number of methoxy groups -OCH3 is 2. The average Bonchev–Trinajstić information content (AvgIpc) is 2.58. The van der Waals surface area contributed by atoms with Crippen LogP contribution in [0.25, 0.3) is 0 Å². The molecule has 0 heterocycles. The van der Waals surface area contributed by atoms with E-state index in [9.17, 15) is 15.0 Å². The number of carbonyl (C=O) groups excluding carboxylic acids is 1. The molecule has 0 aliphatic rings. The Morgan fingerprint density at radius 3 is 2.00 bits per heavy atom. The molecule has 2 aromatic rings. The number of phenols is 2. The van der Waals surface area contributed by atoms with Crippen LogP contribution in [0, 0.1) is 0 Å². The van der Waals surface area contributed by atoms with Crippen LogP contribution in [0.2, 0.25) is 0 Å². The van der Waals surface area contributed by atoms with Gasteiger partial charge >= 0.3 is 0 Å². The minimum atomic E-state index is -0.0743. The third-order valence-corrected chi connectivity index (χ3v) is 3.69. The predicted octanol–water partition coefficient (Wildman–Crippen LogP) is 2.32. The van der Waals surface area contributed by atoms with Gasteiger partial charge in [-0.25, -0.2) is 0 Å². The molecule has 0 aliphatic carbocycles. The number of likely N-dealkylation sites (N-methyl/N-ethyl adjacent to an activating group) is 1. The molecule has 2 rings (SSSR count). The maximum Gasteiger partial charge on any atom is 0.227 e. The first kappa shape index (κ1) is 17.5. The van der Waals surface area contributed by atoms with Gasteiger partial charge in [0.25, 0.3) is 0 Å². The first-order valence-electron chi connectivity index (χ1n) is 7.40. The number of benzene rings is 2. The number of amides is 1.